The van der Waals surface area contributed by atoms with Crippen LogP contribution < -0.4 is 4.90 Å². The van der Waals surface area contributed by atoms with E-state index >= 15 is 0 Å². The SMILES string of the molecule is O=C1/C(=C/c2ccc(Sc3cccc4cccnc34)c([N+](=O)[O-])c2)SC(=Nc2ccccc2)N1c1ccccc1. The number of amidine groups is 1. The zero-order valence-electron chi connectivity index (χ0n) is 20.9. The lowest BCUT2D eigenvalue weighted by Crippen LogP contribution is -2.28. The van der Waals surface area contributed by atoms with E-state index in [4.69, 9.17) is 4.99 Å². The van der Waals surface area contributed by atoms with E-state index in [1.54, 1.807) is 29.3 Å². The predicted molar refractivity (Wildman–Crippen MR) is 162 cm³/mol. The number of carbonyl (C=O) groups is 1. The molecule has 40 heavy (non-hydrogen) atoms. The van der Waals surface area contributed by atoms with Gasteiger partial charge < -0.3 is 0 Å². The summed E-state index contributed by atoms with van der Waals surface area (Å²) in [6, 6.07) is 33.3. The first-order chi connectivity index (χ1) is 19.6. The van der Waals surface area contributed by atoms with E-state index in [2.05, 4.69) is 4.98 Å². The third kappa shape index (κ3) is 5.25. The Morgan fingerprint density at radius 1 is 0.875 bits per heavy atom. The lowest BCUT2D eigenvalue weighted by Gasteiger charge is -2.15. The summed E-state index contributed by atoms with van der Waals surface area (Å²) >= 11 is 2.54. The van der Waals surface area contributed by atoms with Crippen molar-refractivity contribution in [3.8, 4) is 0 Å². The van der Waals surface area contributed by atoms with Crippen molar-refractivity contribution in [2.75, 3.05) is 4.90 Å². The first-order valence-corrected chi connectivity index (χ1v) is 13.9. The van der Waals surface area contributed by atoms with Gasteiger partial charge in [-0.05, 0) is 65.9 Å². The minimum absolute atomic E-state index is 0.0409. The molecule has 194 valence electrons. The number of para-hydroxylation sites is 3. The van der Waals surface area contributed by atoms with Gasteiger partial charge in [0.25, 0.3) is 11.6 Å². The van der Waals surface area contributed by atoms with Crippen molar-refractivity contribution in [1.29, 1.82) is 0 Å². The molecule has 0 aliphatic carbocycles. The van der Waals surface area contributed by atoms with Crippen molar-refractivity contribution in [2.45, 2.75) is 9.79 Å². The Hall–Kier alpha value is -4.73. The summed E-state index contributed by atoms with van der Waals surface area (Å²) in [5.74, 6) is -0.242. The minimum Gasteiger partial charge on any atom is -0.268 e. The van der Waals surface area contributed by atoms with E-state index in [0.29, 0.717) is 26.2 Å². The lowest BCUT2D eigenvalue weighted by molar-refractivity contribution is -0.387. The van der Waals surface area contributed by atoms with E-state index in [9.17, 15) is 14.9 Å². The van der Waals surface area contributed by atoms with Gasteiger partial charge in [0.1, 0.15) is 0 Å². The molecular formula is C31H20N4O3S2. The van der Waals surface area contributed by atoms with Crippen LogP contribution in [0.5, 0.6) is 0 Å². The highest BCUT2D eigenvalue weighted by atomic mass is 32.2. The van der Waals surface area contributed by atoms with Crippen LogP contribution in [0.3, 0.4) is 0 Å². The molecule has 6 rings (SSSR count). The average Bonchev–Trinajstić information content (AvgIpc) is 3.28. The highest BCUT2D eigenvalue weighted by molar-refractivity contribution is 8.19. The van der Waals surface area contributed by atoms with E-state index in [-0.39, 0.29) is 11.6 Å². The second-order valence-electron chi connectivity index (χ2n) is 8.73. The zero-order chi connectivity index (χ0) is 27.5. The highest BCUT2D eigenvalue weighted by Gasteiger charge is 2.35. The Morgan fingerprint density at radius 2 is 1.62 bits per heavy atom. The molecule has 0 spiro atoms. The third-order valence-electron chi connectivity index (χ3n) is 6.09. The van der Waals surface area contributed by atoms with Gasteiger partial charge in [-0.2, -0.15) is 0 Å². The second-order valence-corrected chi connectivity index (χ2v) is 10.8. The Labute approximate surface area is 238 Å². The first kappa shape index (κ1) is 25.5. The standard InChI is InChI=1S/C31H20N4O3S2/c36-30-28(40-31(33-23-11-3-1-4-12-23)34(30)24-13-5-2-6-14-24)20-21-16-17-26(25(19-21)35(37)38)39-27-15-7-9-22-10-8-18-32-29(22)27/h1-20H/b28-20-,33-31?. The summed E-state index contributed by atoms with van der Waals surface area (Å²) in [7, 11) is 0. The fraction of sp³-hybridized carbons (Fsp3) is 0. The number of nitrogens with zero attached hydrogens (tertiary/aromatic N) is 4. The number of hydrogen-bond acceptors (Lipinski definition) is 7. The summed E-state index contributed by atoms with van der Waals surface area (Å²) in [6.45, 7) is 0. The molecule has 1 aromatic heterocycles. The molecule has 0 atom stereocenters. The molecule has 1 aliphatic heterocycles. The molecule has 9 heteroatoms. The molecule has 0 N–H and O–H groups in total. The van der Waals surface area contributed by atoms with Crippen LogP contribution in [0, 0.1) is 10.1 Å². The largest absolute Gasteiger partial charge is 0.283 e. The number of aromatic nitrogens is 1. The quantitative estimate of drug-likeness (QED) is 0.118. The smallest absolute Gasteiger partial charge is 0.268 e. The van der Waals surface area contributed by atoms with Gasteiger partial charge in [-0.15, -0.1) is 0 Å². The van der Waals surface area contributed by atoms with Gasteiger partial charge in [0, 0.05) is 22.5 Å². The molecule has 7 nitrogen and oxygen atoms in total. The number of fused-ring (bicyclic) bond motifs is 1. The summed E-state index contributed by atoms with van der Waals surface area (Å²) in [5.41, 5.74) is 2.71. The first-order valence-electron chi connectivity index (χ1n) is 12.3. The number of amides is 1. The normalized spacial score (nSPS) is 15.3. The minimum atomic E-state index is -0.398. The zero-order valence-corrected chi connectivity index (χ0v) is 22.5. The number of nitro benzene ring substituents is 1. The Balaban J connectivity index is 1.36. The van der Waals surface area contributed by atoms with Gasteiger partial charge >= 0.3 is 0 Å². The molecule has 4 aromatic carbocycles. The number of anilines is 1. The van der Waals surface area contributed by atoms with Gasteiger partial charge in [0.05, 0.1) is 31.6 Å². The van der Waals surface area contributed by atoms with Crippen molar-refractivity contribution >= 4 is 68.6 Å². The van der Waals surface area contributed by atoms with E-state index in [1.807, 2.05) is 91.0 Å². The van der Waals surface area contributed by atoms with Crippen LogP contribution in [0.2, 0.25) is 0 Å². The van der Waals surface area contributed by atoms with Crippen molar-refractivity contribution < 1.29 is 9.72 Å². The number of benzene rings is 4. The van der Waals surface area contributed by atoms with Crippen molar-refractivity contribution in [3.05, 3.63) is 136 Å². The maximum atomic E-state index is 13.6. The van der Waals surface area contributed by atoms with Crippen molar-refractivity contribution in [3.63, 3.8) is 0 Å². The Morgan fingerprint density at radius 3 is 2.40 bits per heavy atom. The van der Waals surface area contributed by atoms with Crippen LogP contribution >= 0.6 is 23.5 Å². The number of aliphatic imine (C=N–C) groups is 1. The van der Waals surface area contributed by atoms with Crippen LogP contribution in [0.15, 0.2) is 135 Å². The summed E-state index contributed by atoms with van der Waals surface area (Å²) < 4.78 is 0. The molecule has 1 amide bonds. The molecule has 1 aliphatic rings. The molecule has 2 heterocycles. The maximum Gasteiger partial charge on any atom is 0.283 e. The van der Waals surface area contributed by atoms with E-state index < -0.39 is 4.92 Å². The Kier molecular flexibility index (Phi) is 7.13. The topological polar surface area (TPSA) is 88.7 Å². The van der Waals surface area contributed by atoms with Gasteiger partial charge in [-0.1, -0.05) is 72.4 Å². The summed E-state index contributed by atoms with van der Waals surface area (Å²) in [6.07, 6.45) is 3.39. The van der Waals surface area contributed by atoms with Crippen LogP contribution in [0.1, 0.15) is 5.56 Å². The molecule has 0 radical (unpaired) electrons. The lowest BCUT2D eigenvalue weighted by atomic mass is 10.2. The number of thioether (sulfide) groups is 1. The molecule has 0 unspecified atom stereocenters. The number of nitro groups is 1. The van der Waals surface area contributed by atoms with Crippen molar-refractivity contribution in [1.82, 2.24) is 4.98 Å². The van der Waals surface area contributed by atoms with E-state index in [0.717, 1.165) is 21.5 Å². The molecular weight excluding hydrogens is 541 g/mol. The van der Waals surface area contributed by atoms with Crippen LogP contribution in [-0.4, -0.2) is 21.0 Å². The third-order valence-corrected chi connectivity index (χ3v) is 8.18. The van der Waals surface area contributed by atoms with Gasteiger partial charge in [-0.3, -0.25) is 24.8 Å². The molecule has 1 fully saturated rings. The van der Waals surface area contributed by atoms with Crippen molar-refractivity contribution in [2.24, 2.45) is 4.99 Å². The highest BCUT2D eigenvalue weighted by Crippen LogP contribution is 2.40. The van der Waals surface area contributed by atoms with Crippen LogP contribution in [0.25, 0.3) is 17.0 Å². The number of pyridine rings is 1. The Bertz CT molecular complexity index is 1800. The fourth-order valence-electron chi connectivity index (χ4n) is 4.25. The fourth-order valence-corrected chi connectivity index (χ4v) is 6.27. The molecule has 0 bridgehead atoms. The number of rotatable bonds is 6. The molecule has 5 aromatic rings. The maximum absolute atomic E-state index is 13.6. The van der Waals surface area contributed by atoms with Crippen LogP contribution in [-0.2, 0) is 4.79 Å². The second kappa shape index (κ2) is 11.2. The van der Waals surface area contributed by atoms with Gasteiger partial charge in [0.15, 0.2) is 5.17 Å². The molecule has 0 saturated carbocycles. The summed E-state index contributed by atoms with van der Waals surface area (Å²) in [5, 5.41) is 13.6. The summed E-state index contributed by atoms with van der Waals surface area (Å²) in [4.78, 5) is 37.7. The van der Waals surface area contributed by atoms with Crippen LogP contribution in [0.4, 0.5) is 17.1 Å². The monoisotopic (exact) mass is 560 g/mol. The van der Waals surface area contributed by atoms with Gasteiger partial charge in [-0.25, -0.2) is 4.99 Å². The van der Waals surface area contributed by atoms with E-state index in [1.165, 1.54) is 29.6 Å². The van der Waals surface area contributed by atoms with Gasteiger partial charge in [0.2, 0.25) is 0 Å². The number of hydrogen-bond donors (Lipinski definition) is 0. The average molecular weight is 561 g/mol. The number of carbonyl (C=O) groups excluding carboxylic acids is 1. The predicted octanol–water partition coefficient (Wildman–Crippen LogP) is 8.10. The molecule has 1 saturated heterocycles.